The largest absolute Gasteiger partial charge is 0.478 e. The number of benzene rings is 1. The summed E-state index contributed by atoms with van der Waals surface area (Å²) in [6.45, 7) is 0. The van der Waals surface area contributed by atoms with Crippen LogP contribution in [-0.4, -0.2) is 16.1 Å². The van der Waals surface area contributed by atoms with E-state index in [9.17, 15) is 9.18 Å². The van der Waals surface area contributed by atoms with Crippen LogP contribution in [0.4, 0.5) is 4.39 Å². The second-order valence-electron chi connectivity index (χ2n) is 3.35. The standard InChI is InChI=1S/C12H7BrFNO3/c13-7-4-5-9(8(6-7)12(16)17)18-11-3-1-2-10(14)15-11/h1-6H,(H,16,17). The van der Waals surface area contributed by atoms with Gasteiger partial charge < -0.3 is 9.84 Å². The highest BCUT2D eigenvalue weighted by Gasteiger charge is 2.13. The molecule has 2 rings (SSSR count). The number of hydrogen-bond acceptors (Lipinski definition) is 3. The third-order valence-electron chi connectivity index (χ3n) is 2.08. The average molecular weight is 312 g/mol. The number of carbonyl (C=O) groups is 1. The van der Waals surface area contributed by atoms with Crippen LogP contribution in [0, 0.1) is 5.95 Å². The SMILES string of the molecule is O=C(O)c1cc(Br)ccc1Oc1cccc(F)n1. The molecule has 4 nitrogen and oxygen atoms in total. The summed E-state index contributed by atoms with van der Waals surface area (Å²) in [6.07, 6.45) is 0. The minimum atomic E-state index is -1.14. The molecule has 1 aromatic heterocycles. The molecule has 1 N–H and O–H groups in total. The molecular weight excluding hydrogens is 305 g/mol. The number of carboxylic acids is 1. The lowest BCUT2D eigenvalue weighted by Gasteiger charge is -2.08. The van der Waals surface area contributed by atoms with Crippen molar-refractivity contribution < 1.29 is 19.0 Å². The normalized spacial score (nSPS) is 10.1. The summed E-state index contributed by atoms with van der Waals surface area (Å²) in [5, 5.41) is 9.03. The molecule has 2 aromatic rings. The molecule has 1 heterocycles. The number of aromatic carboxylic acids is 1. The van der Waals surface area contributed by atoms with Crippen LogP contribution in [0.5, 0.6) is 11.6 Å². The third kappa shape index (κ3) is 2.84. The van der Waals surface area contributed by atoms with Crippen molar-refractivity contribution in [3.63, 3.8) is 0 Å². The molecule has 18 heavy (non-hydrogen) atoms. The van der Waals surface area contributed by atoms with Crippen LogP contribution < -0.4 is 4.74 Å². The highest BCUT2D eigenvalue weighted by atomic mass is 79.9. The average Bonchev–Trinajstić information content (AvgIpc) is 2.31. The van der Waals surface area contributed by atoms with Gasteiger partial charge in [0, 0.05) is 10.5 Å². The van der Waals surface area contributed by atoms with Crippen LogP contribution in [-0.2, 0) is 0 Å². The van der Waals surface area contributed by atoms with Gasteiger partial charge in [0.05, 0.1) is 0 Å². The van der Waals surface area contributed by atoms with Crippen molar-refractivity contribution >= 4 is 21.9 Å². The maximum atomic E-state index is 12.9. The number of ether oxygens (including phenoxy) is 1. The fourth-order valence-electron chi connectivity index (χ4n) is 1.32. The number of hydrogen-bond donors (Lipinski definition) is 1. The van der Waals surface area contributed by atoms with Crippen molar-refractivity contribution in [2.24, 2.45) is 0 Å². The summed E-state index contributed by atoms with van der Waals surface area (Å²) >= 11 is 3.17. The number of carboxylic acid groups (broad SMARTS) is 1. The smallest absolute Gasteiger partial charge is 0.339 e. The molecule has 0 saturated heterocycles. The second kappa shape index (κ2) is 5.14. The molecule has 0 unspecified atom stereocenters. The Hall–Kier alpha value is -1.95. The summed E-state index contributed by atoms with van der Waals surface area (Å²) in [6, 6.07) is 8.54. The van der Waals surface area contributed by atoms with Crippen molar-refractivity contribution in [2.45, 2.75) is 0 Å². The van der Waals surface area contributed by atoms with Crippen LogP contribution in [0.15, 0.2) is 40.9 Å². The van der Waals surface area contributed by atoms with Gasteiger partial charge in [0.1, 0.15) is 11.3 Å². The van der Waals surface area contributed by atoms with Crippen molar-refractivity contribution in [1.29, 1.82) is 0 Å². The molecule has 0 fully saturated rings. The fraction of sp³-hybridized carbons (Fsp3) is 0. The van der Waals surface area contributed by atoms with Crippen LogP contribution >= 0.6 is 15.9 Å². The molecule has 0 aliphatic heterocycles. The molecule has 1 aromatic carbocycles. The second-order valence-corrected chi connectivity index (χ2v) is 4.26. The van der Waals surface area contributed by atoms with Crippen LogP contribution in [0.2, 0.25) is 0 Å². The summed E-state index contributed by atoms with van der Waals surface area (Å²) in [7, 11) is 0. The van der Waals surface area contributed by atoms with Gasteiger partial charge in [-0.05, 0) is 24.3 Å². The molecule has 0 atom stereocenters. The first kappa shape index (κ1) is 12.5. The van der Waals surface area contributed by atoms with Crippen molar-refractivity contribution in [3.05, 3.63) is 52.4 Å². The predicted octanol–water partition coefficient (Wildman–Crippen LogP) is 3.47. The lowest BCUT2D eigenvalue weighted by atomic mass is 10.2. The highest BCUT2D eigenvalue weighted by molar-refractivity contribution is 9.10. The van der Waals surface area contributed by atoms with E-state index in [1.165, 1.54) is 30.3 Å². The summed E-state index contributed by atoms with van der Waals surface area (Å²) in [5.41, 5.74) is -0.0320. The number of aromatic nitrogens is 1. The van der Waals surface area contributed by atoms with Gasteiger partial charge in [-0.2, -0.15) is 9.37 Å². The lowest BCUT2D eigenvalue weighted by Crippen LogP contribution is -2.01. The van der Waals surface area contributed by atoms with E-state index in [2.05, 4.69) is 20.9 Å². The monoisotopic (exact) mass is 311 g/mol. The summed E-state index contributed by atoms with van der Waals surface area (Å²) in [4.78, 5) is 14.5. The lowest BCUT2D eigenvalue weighted by molar-refractivity contribution is 0.0694. The first-order chi connectivity index (χ1) is 8.56. The van der Waals surface area contributed by atoms with Crippen LogP contribution in [0.1, 0.15) is 10.4 Å². The molecule has 0 bridgehead atoms. The zero-order chi connectivity index (χ0) is 13.1. The highest BCUT2D eigenvalue weighted by Crippen LogP contribution is 2.27. The molecule has 92 valence electrons. The Morgan fingerprint density at radius 2 is 2.11 bits per heavy atom. The Morgan fingerprint density at radius 1 is 1.33 bits per heavy atom. The van der Waals surface area contributed by atoms with E-state index in [-0.39, 0.29) is 17.2 Å². The topological polar surface area (TPSA) is 59.4 Å². The van der Waals surface area contributed by atoms with E-state index in [0.29, 0.717) is 4.47 Å². The minimum absolute atomic E-state index is 0.000164. The Balaban J connectivity index is 2.37. The van der Waals surface area contributed by atoms with Crippen LogP contribution in [0.3, 0.4) is 0 Å². The molecule has 6 heteroatoms. The van der Waals surface area contributed by atoms with Crippen molar-refractivity contribution in [2.75, 3.05) is 0 Å². The van der Waals surface area contributed by atoms with Gasteiger partial charge in [0.2, 0.25) is 11.8 Å². The molecular formula is C12H7BrFNO3. The van der Waals surface area contributed by atoms with Gasteiger partial charge in [-0.3, -0.25) is 0 Å². The molecule has 0 saturated carbocycles. The Labute approximate surface area is 110 Å². The van der Waals surface area contributed by atoms with E-state index >= 15 is 0 Å². The molecule has 0 amide bonds. The van der Waals surface area contributed by atoms with E-state index < -0.39 is 11.9 Å². The number of rotatable bonds is 3. The summed E-state index contributed by atoms with van der Waals surface area (Å²) in [5.74, 6) is -1.73. The maximum absolute atomic E-state index is 12.9. The van der Waals surface area contributed by atoms with Crippen molar-refractivity contribution in [1.82, 2.24) is 4.98 Å². The predicted molar refractivity (Wildman–Crippen MR) is 65.4 cm³/mol. The first-order valence-corrected chi connectivity index (χ1v) is 5.69. The van der Waals surface area contributed by atoms with Crippen LogP contribution in [0.25, 0.3) is 0 Å². The molecule has 0 aliphatic carbocycles. The van der Waals surface area contributed by atoms with Crippen molar-refractivity contribution in [3.8, 4) is 11.6 Å². The molecule has 0 spiro atoms. The van der Waals surface area contributed by atoms with Gasteiger partial charge >= 0.3 is 5.97 Å². The number of pyridine rings is 1. The van der Waals surface area contributed by atoms with E-state index in [0.717, 1.165) is 0 Å². The third-order valence-corrected chi connectivity index (χ3v) is 2.57. The van der Waals surface area contributed by atoms with E-state index in [1.54, 1.807) is 6.07 Å². The van der Waals surface area contributed by atoms with Gasteiger partial charge in [-0.15, -0.1) is 0 Å². The zero-order valence-electron chi connectivity index (χ0n) is 8.93. The number of halogens is 2. The van der Waals surface area contributed by atoms with E-state index in [4.69, 9.17) is 9.84 Å². The minimum Gasteiger partial charge on any atom is -0.478 e. The van der Waals surface area contributed by atoms with Gasteiger partial charge in [-0.1, -0.05) is 22.0 Å². The Kier molecular flexibility index (Phi) is 3.57. The maximum Gasteiger partial charge on any atom is 0.339 e. The van der Waals surface area contributed by atoms with E-state index in [1.807, 2.05) is 0 Å². The quantitative estimate of drug-likeness (QED) is 0.882. The number of nitrogens with zero attached hydrogens (tertiary/aromatic N) is 1. The zero-order valence-corrected chi connectivity index (χ0v) is 10.5. The summed E-state index contributed by atoms with van der Waals surface area (Å²) < 4.78 is 18.7. The van der Waals surface area contributed by atoms with Gasteiger partial charge in [-0.25, -0.2) is 4.79 Å². The van der Waals surface area contributed by atoms with Gasteiger partial charge in [0.15, 0.2) is 0 Å². The first-order valence-electron chi connectivity index (χ1n) is 4.89. The fourth-order valence-corrected chi connectivity index (χ4v) is 1.68. The molecule has 0 aliphatic rings. The molecule has 0 radical (unpaired) electrons. The van der Waals surface area contributed by atoms with Gasteiger partial charge in [0.25, 0.3) is 0 Å². The Bertz CT molecular complexity index is 604. The Morgan fingerprint density at radius 3 is 2.78 bits per heavy atom.